The molecule has 1 fully saturated rings. The molecule has 0 N–H and O–H groups in total. The summed E-state index contributed by atoms with van der Waals surface area (Å²) in [5, 5.41) is 0. The molecule has 2 bridgehead atoms. The van der Waals surface area contributed by atoms with Gasteiger partial charge >= 0.3 is 0 Å². The van der Waals surface area contributed by atoms with Crippen molar-refractivity contribution in [1.82, 2.24) is 14.8 Å². The van der Waals surface area contributed by atoms with E-state index in [1.165, 1.54) is 11.6 Å². The minimum absolute atomic E-state index is 0.00572. The number of amides is 2. The van der Waals surface area contributed by atoms with Crippen LogP contribution in [0.25, 0.3) is 0 Å². The van der Waals surface area contributed by atoms with E-state index in [4.69, 9.17) is 0 Å². The number of anilines is 1. The van der Waals surface area contributed by atoms with Gasteiger partial charge in [0.25, 0.3) is 0 Å². The molecule has 192 valence electrons. The van der Waals surface area contributed by atoms with Gasteiger partial charge in [0.2, 0.25) is 11.8 Å². The Bertz CT molecular complexity index is 1250. The minimum Gasteiger partial charge on any atom is -0.336 e. The van der Waals surface area contributed by atoms with E-state index in [1.807, 2.05) is 58.6 Å². The highest BCUT2D eigenvalue weighted by Gasteiger charge is 2.36. The van der Waals surface area contributed by atoms with Crippen LogP contribution in [-0.4, -0.2) is 51.8 Å². The van der Waals surface area contributed by atoms with Crippen molar-refractivity contribution in [2.24, 2.45) is 0 Å². The zero-order chi connectivity index (χ0) is 25.8. The van der Waals surface area contributed by atoms with Crippen LogP contribution in [0.1, 0.15) is 42.9 Å². The zero-order valence-corrected chi connectivity index (χ0v) is 21.2. The van der Waals surface area contributed by atoms with Crippen LogP contribution in [-0.2, 0) is 29.1 Å². The second kappa shape index (κ2) is 11.2. The number of nitrogens with zero attached hydrogens (tertiary/aromatic N) is 4. The quantitative estimate of drug-likeness (QED) is 0.526. The van der Waals surface area contributed by atoms with Crippen molar-refractivity contribution in [1.29, 1.82) is 0 Å². The van der Waals surface area contributed by atoms with Crippen molar-refractivity contribution in [3.63, 3.8) is 0 Å². The summed E-state index contributed by atoms with van der Waals surface area (Å²) in [5.74, 6) is -0.482. The molecule has 3 heterocycles. The molecular formula is C30H33FN4O2. The maximum atomic E-state index is 14.4. The van der Waals surface area contributed by atoms with E-state index < -0.39 is 0 Å². The van der Waals surface area contributed by atoms with Gasteiger partial charge < -0.3 is 9.80 Å². The van der Waals surface area contributed by atoms with Gasteiger partial charge in [0.1, 0.15) is 5.82 Å². The topological polar surface area (TPSA) is 56.8 Å². The van der Waals surface area contributed by atoms with Crippen LogP contribution in [0.5, 0.6) is 0 Å². The Morgan fingerprint density at radius 1 is 0.946 bits per heavy atom. The number of halogens is 1. The van der Waals surface area contributed by atoms with Gasteiger partial charge in [0.15, 0.2) is 0 Å². The third-order valence-electron chi connectivity index (χ3n) is 7.68. The lowest BCUT2D eigenvalue weighted by atomic mass is 10.1. The van der Waals surface area contributed by atoms with Crippen molar-refractivity contribution in [2.45, 2.75) is 57.8 Å². The number of hydrogen-bond acceptors (Lipinski definition) is 4. The molecule has 0 aliphatic carbocycles. The lowest BCUT2D eigenvalue weighted by Crippen LogP contribution is -2.45. The van der Waals surface area contributed by atoms with Gasteiger partial charge in [-0.1, -0.05) is 36.4 Å². The fourth-order valence-electron chi connectivity index (χ4n) is 5.74. The Balaban J connectivity index is 1.50. The van der Waals surface area contributed by atoms with Crippen molar-refractivity contribution >= 4 is 17.5 Å². The SMILES string of the molecule is CC(=O)N1CCC2CCC(CN(C(=O)Cc3ccccc3F)Cc3ccccc31)N2Cc1ccncc1. The number of aromatic nitrogens is 1. The third kappa shape index (κ3) is 5.72. The number of fused-ring (bicyclic) bond motifs is 3. The normalized spacial score (nSPS) is 20.3. The minimum atomic E-state index is -0.364. The average molecular weight is 501 g/mol. The van der Waals surface area contributed by atoms with Gasteiger partial charge in [-0.05, 0) is 60.2 Å². The van der Waals surface area contributed by atoms with E-state index in [0.29, 0.717) is 31.2 Å². The van der Waals surface area contributed by atoms with Gasteiger partial charge in [0.05, 0.1) is 6.42 Å². The molecular weight excluding hydrogens is 467 g/mol. The lowest BCUT2D eigenvalue weighted by molar-refractivity contribution is -0.132. The van der Waals surface area contributed by atoms with Crippen molar-refractivity contribution in [3.05, 3.63) is 95.6 Å². The zero-order valence-electron chi connectivity index (χ0n) is 21.2. The third-order valence-corrected chi connectivity index (χ3v) is 7.68. The second-order valence-electron chi connectivity index (χ2n) is 10.0. The smallest absolute Gasteiger partial charge is 0.227 e. The molecule has 1 aromatic heterocycles. The number of carbonyl (C=O) groups excluding carboxylic acids is 2. The highest BCUT2D eigenvalue weighted by molar-refractivity contribution is 5.92. The van der Waals surface area contributed by atoms with Gasteiger partial charge in [-0.3, -0.25) is 19.5 Å². The van der Waals surface area contributed by atoms with Crippen LogP contribution in [0, 0.1) is 5.82 Å². The summed E-state index contributed by atoms with van der Waals surface area (Å²) in [7, 11) is 0. The molecule has 2 unspecified atom stereocenters. The highest BCUT2D eigenvalue weighted by Crippen LogP contribution is 2.32. The molecule has 2 aliphatic heterocycles. The van der Waals surface area contributed by atoms with E-state index in [-0.39, 0.29) is 30.1 Å². The Hall–Kier alpha value is -3.58. The number of rotatable bonds is 4. The van der Waals surface area contributed by atoms with Crippen LogP contribution in [0.2, 0.25) is 0 Å². The Morgan fingerprint density at radius 3 is 2.46 bits per heavy atom. The van der Waals surface area contributed by atoms with Crippen LogP contribution in [0.4, 0.5) is 10.1 Å². The molecule has 3 aromatic rings. The number of hydrogen-bond donors (Lipinski definition) is 0. The molecule has 0 saturated carbocycles. The molecule has 7 heteroatoms. The molecule has 2 atom stereocenters. The Morgan fingerprint density at radius 2 is 1.68 bits per heavy atom. The lowest BCUT2D eigenvalue weighted by Gasteiger charge is -2.34. The van der Waals surface area contributed by atoms with Crippen LogP contribution < -0.4 is 4.90 Å². The molecule has 2 amide bonds. The first-order valence-electron chi connectivity index (χ1n) is 13.0. The fourth-order valence-corrected chi connectivity index (χ4v) is 5.74. The van der Waals surface area contributed by atoms with Crippen molar-refractivity contribution < 1.29 is 14.0 Å². The fraction of sp³-hybridized carbons (Fsp3) is 0.367. The first-order chi connectivity index (χ1) is 18.0. The van der Waals surface area contributed by atoms with E-state index in [9.17, 15) is 14.0 Å². The second-order valence-corrected chi connectivity index (χ2v) is 10.0. The van der Waals surface area contributed by atoms with E-state index in [1.54, 1.807) is 25.1 Å². The summed E-state index contributed by atoms with van der Waals surface area (Å²) in [6, 6.07) is 18.8. The maximum absolute atomic E-state index is 14.4. The molecule has 37 heavy (non-hydrogen) atoms. The first kappa shape index (κ1) is 25.1. The molecule has 5 rings (SSSR count). The van der Waals surface area contributed by atoms with Gasteiger partial charge in [0, 0.05) is 63.3 Å². The summed E-state index contributed by atoms with van der Waals surface area (Å²) in [6.45, 7) is 3.92. The highest BCUT2D eigenvalue weighted by atomic mass is 19.1. The molecule has 2 aromatic carbocycles. The first-order valence-corrected chi connectivity index (χ1v) is 13.0. The molecule has 0 radical (unpaired) electrons. The molecule has 0 spiro atoms. The predicted octanol–water partition coefficient (Wildman–Crippen LogP) is 4.58. The standard InChI is InChI=1S/C30H33FN4O2/c1-22(36)34-17-14-26-10-11-27(35(26)19-23-12-15-32-16-13-23)21-33(20-25-7-3-5-9-29(25)34)30(37)18-24-6-2-4-8-28(24)31/h2-9,12-13,15-16,26-27H,10-11,14,17-21H2,1H3. The van der Waals surface area contributed by atoms with Crippen LogP contribution >= 0.6 is 0 Å². The summed E-state index contributed by atoms with van der Waals surface area (Å²) in [5.41, 5.74) is 3.35. The average Bonchev–Trinajstić information content (AvgIpc) is 3.25. The predicted molar refractivity (Wildman–Crippen MR) is 141 cm³/mol. The summed E-state index contributed by atoms with van der Waals surface area (Å²) < 4.78 is 14.4. The van der Waals surface area contributed by atoms with Crippen molar-refractivity contribution in [3.8, 4) is 0 Å². The van der Waals surface area contributed by atoms with Crippen LogP contribution in [0.15, 0.2) is 73.1 Å². The largest absolute Gasteiger partial charge is 0.336 e. The summed E-state index contributed by atoms with van der Waals surface area (Å²) in [6.07, 6.45) is 6.47. The van der Waals surface area contributed by atoms with Crippen molar-refractivity contribution in [2.75, 3.05) is 18.0 Å². The summed E-state index contributed by atoms with van der Waals surface area (Å²) >= 11 is 0. The molecule has 6 nitrogen and oxygen atoms in total. The number of carbonyl (C=O) groups is 2. The van der Waals surface area contributed by atoms with E-state index >= 15 is 0 Å². The number of pyridine rings is 1. The van der Waals surface area contributed by atoms with E-state index in [0.717, 1.165) is 37.1 Å². The van der Waals surface area contributed by atoms with Gasteiger partial charge in [-0.15, -0.1) is 0 Å². The van der Waals surface area contributed by atoms with Gasteiger partial charge in [-0.25, -0.2) is 4.39 Å². The van der Waals surface area contributed by atoms with E-state index in [2.05, 4.69) is 9.88 Å². The molecule has 2 aliphatic rings. The van der Waals surface area contributed by atoms with Gasteiger partial charge in [-0.2, -0.15) is 0 Å². The summed E-state index contributed by atoms with van der Waals surface area (Å²) in [4.78, 5) is 36.8. The Kier molecular flexibility index (Phi) is 7.60. The molecule has 1 saturated heterocycles. The number of para-hydroxylation sites is 1. The monoisotopic (exact) mass is 500 g/mol. The Labute approximate surface area is 217 Å². The number of benzene rings is 2. The van der Waals surface area contributed by atoms with Crippen LogP contribution in [0.3, 0.4) is 0 Å². The maximum Gasteiger partial charge on any atom is 0.227 e.